The summed E-state index contributed by atoms with van der Waals surface area (Å²) >= 11 is 0. The molecular weight excluding hydrogens is 232 g/mol. The van der Waals surface area contributed by atoms with Crippen molar-refractivity contribution >= 4 is 16.6 Å². The number of aryl methyl sites for hydroxylation is 1. The van der Waals surface area contributed by atoms with E-state index in [2.05, 4.69) is 54.1 Å². The summed E-state index contributed by atoms with van der Waals surface area (Å²) in [5.74, 6) is 0.848. The third-order valence-electron chi connectivity index (χ3n) is 4.26. The Bertz CT molecular complexity index is 576. The van der Waals surface area contributed by atoms with Crippen LogP contribution in [-0.4, -0.2) is 18.1 Å². The normalized spacial score (nSPS) is 19.9. The molecule has 2 heterocycles. The van der Waals surface area contributed by atoms with Crippen LogP contribution in [0.2, 0.25) is 0 Å². The molecule has 1 fully saturated rings. The van der Waals surface area contributed by atoms with Crippen LogP contribution in [0.4, 0.5) is 5.69 Å². The van der Waals surface area contributed by atoms with E-state index < -0.39 is 0 Å². The van der Waals surface area contributed by atoms with Gasteiger partial charge in [-0.05, 0) is 37.8 Å². The highest BCUT2D eigenvalue weighted by atomic mass is 15.1. The van der Waals surface area contributed by atoms with Crippen LogP contribution in [-0.2, 0) is 0 Å². The molecule has 0 amide bonds. The third kappa shape index (κ3) is 2.44. The van der Waals surface area contributed by atoms with Crippen molar-refractivity contribution in [2.75, 3.05) is 18.0 Å². The van der Waals surface area contributed by atoms with Crippen molar-refractivity contribution in [3.63, 3.8) is 0 Å². The van der Waals surface area contributed by atoms with Gasteiger partial charge in [-0.15, -0.1) is 0 Å². The smallest absolute Gasteiger partial charge is 0.0726 e. The maximum Gasteiger partial charge on any atom is 0.0726 e. The monoisotopic (exact) mass is 254 g/mol. The Morgan fingerprint density at radius 3 is 3.00 bits per heavy atom. The molecule has 1 aliphatic heterocycles. The topological polar surface area (TPSA) is 16.1 Å². The lowest BCUT2D eigenvalue weighted by atomic mass is 9.95. The number of hydrogen-bond acceptors (Lipinski definition) is 2. The van der Waals surface area contributed by atoms with Crippen LogP contribution in [0.1, 0.15) is 31.9 Å². The number of piperidine rings is 1. The highest BCUT2D eigenvalue weighted by molar-refractivity contribution is 5.92. The number of benzene rings is 1. The molecule has 100 valence electrons. The van der Waals surface area contributed by atoms with E-state index in [0.717, 1.165) is 17.1 Å². The number of hydrogen-bond donors (Lipinski definition) is 0. The van der Waals surface area contributed by atoms with Gasteiger partial charge in [0, 0.05) is 29.9 Å². The molecule has 0 spiro atoms. The summed E-state index contributed by atoms with van der Waals surface area (Å²) < 4.78 is 0. The fraction of sp³-hybridized carbons (Fsp3) is 0.471. The summed E-state index contributed by atoms with van der Waals surface area (Å²) in [5, 5.41) is 1.30. The van der Waals surface area contributed by atoms with Gasteiger partial charge in [0.05, 0.1) is 5.52 Å². The van der Waals surface area contributed by atoms with Crippen molar-refractivity contribution in [1.29, 1.82) is 0 Å². The Kier molecular flexibility index (Phi) is 3.41. The first kappa shape index (κ1) is 12.5. The molecule has 2 heteroatoms. The quantitative estimate of drug-likeness (QED) is 0.799. The number of para-hydroxylation sites is 1. The number of nitrogens with zero attached hydrogens (tertiary/aromatic N) is 2. The summed E-state index contributed by atoms with van der Waals surface area (Å²) in [6.45, 7) is 6.79. The van der Waals surface area contributed by atoms with E-state index in [-0.39, 0.29) is 0 Å². The van der Waals surface area contributed by atoms with Crippen LogP contribution in [0.25, 0.3) is 10.9 Å². The zero-order valence-electron chi connectivity index (χ0n) is 11.9. The van der Waals surface area contributed by atoms with Gasteiger partial charge in [0.2, 0.25) is 0 Å². The largest absolute Gasteiger partial charge is 0.371 e. The van der Waals surface area contributed by atoms with Gasteiger partial charge in [-0.2, -0.15) is 0 Å². The first-order valence-electron chi connectivity index (χ1n) is 7.39. The number of aromatic nitrogens is 1. The average molecular weight is 254 g/mol. The Hall–Kier alpha value is -1.57. The zero-order chi connectivity index (χ0) is 13.2. The minimum absolute atomic E-state index is 0.848. The van der Waals surface area contributed by atoms with Crippen molar-refractivity contribution in [1.82, 2.24) is 4.98 Å². The summed E-state index contributed by atoms with van der Waals surface area (Å²) in [6.07, 6.45) is 3.99. The molecule has 0 bridgehead atoms. The Labute approximate surface area is 115 Å². The van der Waals surface area contributed by atoms with E-state index in [1.165, 1.54) is 43.4 Å². The fourth-order valence-electron chi connectivity index (χ4n) is 3.16. The average Bonchev–Trinajstić information content (AvgIpc) is 2.46. The predicted octanol–water partition coefficient (Wildman–Crippen LogP) is 4.17. The molecule has 0 N–H and O–H groups in total. The molecule has 1 aromatic carbocycles. The molecule has 19 heavy (non-hydrogen) atoms. The zero-order valence-corrected chi connectivity index (χ0v) is 11.9. The molecular formula is C17H22N2. The molecule has 0 saturated carbocycles. The van der Waals surface area contributed by atoms with Crippen molar-refractivity contribution in [3.8, 4) is 0 Å². The number of fused-ring (bicyclic) bond motifs is 1. The van der Waals surface area contributed by atoms with E-state index >= 15 is 0 Å². The summed E-state index contributed by atoms with van der Waals surface area (Å²) in [5.41, 5.74) is 3.62. The molecule has 2 aromatic rings. The second-order valence-electron chi connectivity index (χ2n) is 5.66. The molecule has 1 saturated heterocycles. The molecule has 1 aromatic heterocycles. The predicted molar refractivity (Wildman–Crippen MR) is 81.7 cm³/mol. The number of anilines is 1. The third-order valence-corrected chi connectivity index (χ3v) is 4.26. The number of pyridine rings is 1. The van der Waals surface area contributed by atoms with Crippen molar-refractivity contribution in [2.45, 2.75) is 33.1 Å². The Morgan fingerprint density at radius 2 is 2.16 bits per heavy atom. The van der Waals surface area contributed by atoms with Gasteiger partial charge in [0.25, 0.3) is 0 Å². The lowest BCUT2D eigenvalue weighted by Crippen LogP contribution is -2.35. The molecule has 0 radical (unpaired) electrons. The number of rotatable bonds is 2. The standard InChI is InChI=1S/C17H22N2/c1-3-14-7-6-10-19(12-14)17-11-13(2)18-16-9-5-4-8-15(16)17/h4-5,8-9,11,14H,3,6-7,10,12H2,1-2H3. The van der Waals surface area contributed by atoms with Crippen molar-refractivity contribution in [3.05, 3.63) is 36.0 Å². The van der Waals surface area contributed by atoms with Crippen LogP contribution < -0.4 is 4.90 Å². The van der Waals surface area contributed by atoms with Gasteiger partial charge in [-0.3, -0.25) is 4.98 Å². The minimum atomic E-state index is 0.848. The summed E-state index contributed by atoms with van der Waals surface area (Å²) in [4.78, 5) is 7.21. The maximum absolute atomic E-state index is 4.64. The van der Waals surface area contributed by atoms with Crippen LogP contribution in [0.3, 0.4) is 0 Å². The van der Waals surface area contributed by atoms with Gasteiger partial charge in [-0.25, -0.2) is 0 Å². The molecule has 1 aliphatic rings. The van der Waals surface area contributed by atoms with E-state index in [1.807, 2.05) is 0 Å². The molecule has 2 nitrogen and oxygen atoms in total. The fourth-order valence-corrected chi connectivity index (χ4v) is 3.16. The summed E-state index contributed by atoms with van der Waals surface area (Å²) in [7, 11) is 0. The van der Waals surface area contributed by atoms with Crippen LogP contribution in [0.15, 0.2) is 30.3 Å². The molecule has 3 rings (SSSR count). The molecule has 1 atom stereocenters. The van der Waals surface area contributed by atoms with Gasteiger partial charge < -0.3 is 4.90 Å². The Morgan fingerprint density at radius 1 is 1.32 bits per heavy atom. The van der Waals surface area contributed by atoms with E-state index in [4.69, 9.17) is 0 Å². The van der Waals surface area contributed by atoms with Crippen molar-refractivity contribution < 1.29 is 0 Å². The van der Waals surface area contributed by atoms with Gasteiger partial charge >= 0.3 is 0 Å². The van der Waals surface area contributed by atoms with Gasteiger partial charge in [-0.1, -0.05) is 31.5 Å². The van der Waals surface area contributed by atoms with E-state index in [1.54, 1.807) is 0 Å². The molecule has 1 unspecified atom stereocenters. The lowest BCUT2D eigenvalue weighted by Gasteiger charge is -2.34. The SMILES string of the molecule is CCC1CCCN(c2cc(C)nc3ccccc23)C1. The van der Waals surface area contributed by atoms with Crippen LogP contribution >= 0.6 is 0 Å². The lowest BCUT2D eigenvalue weighted by molar-refractivity contribution is 0.405. The highest BCUT2D eigenvalue weighted by Gasteiger charge is 2.20. The maximum atomic E-state index is 4.64. The molecule has 0 aliphatic carbocycles. The Balaban J connectivity index is 2.03. The highest BCUT2D eigenvalue weighted by Crippen LogP contribution is 2.30. The van der Waals surface area contributed by atoms with E-state index in [0.29, 0.717) is 0 Å². The second kappa shape index (κ2) is 5.20. The van der Waals surface area contributed by atoms with Gasteiger partial charge in [0.15, 0.2) is 0 Å². The van der Waals surface area contributed by atoms with Crippen LogP contribution in [0.5, 0.6) is 0 Å². The second-order valence-corrected chi connectivity index (χ2v) is 5.66. The van der Waals surface area contributed by atoms with Gasteiger partial charge in [0.1, 0.15) is 0 Å². The first-order valence-corrected chi connectivity index (χ1v) is 7.39. The van der Waals surface area contributed by atoms with Crippen molar-refractivity contribution in [2.24, 2.45) is 5.92 Å². The first-order chi connectivity index (χ1) is 9.28. The summed E-state index contributed by atoms with van der Waals surface area (Å²) in [6, 6.07) is 10.8. The van der Waals surface area contributed by atoms with E-state index in [9.17, 15) is 0 Å². The van der Waals surface area contributed by atoms with Crippen LogP contribution in [0, 0.1) is 12.8 Å². The minimum Gasteiger partial charge on any atom is -0.371 e.